The van der Waals surface area contributed by atoms with Crippen molar-refractivity contribution in [2.45, 2.75) is 25.9 Å². The summed E-state index contributed by atoms with van der Waals surface area (Å²) in [5.41, 5.74) is 1.85. The number of furan rings is 1. The van der Waals surface area contributed by atoms with Crippen molar-refractivity contribution < 1.29 is 23.1 Å². The lowest BCUT2D eigenvalue weighted by Crippen LogP contribution is -2.47. The van der Waals surface area contributed by atoms with Gasteiger partial charge in [-0.25, -0.2) is 4.39 Å². The van der Waals surface area contributed by atoms with Crippen LogP contribution in [0, 0.1) is 12.7 Å². The van der Waals surface area contributed by atoms with Crippen molar-refractivity contribution in [2.24, 2.45) is 0 Å². The van der Waals surface area contributed by atoms with E-state index >= 15 is 0 Å². The fourth-order valence-electron chi connectivity index (χ4n) is 4.61. The molecule has 196 valence electrons. The van der Waals surface area contributed by atoms with Crippen LogP contribution in [0.15, 0.2) is 76.7 Å². The van der Waals surface area contributed by atoms with Crippen LogP contribution in [0.5, 0.6) is 5.75 Å². The molecule has 0 fully saturated rings. The van der Waals surface area contributed by atoms with Gasteiger partial charge in [0.15, 0.2) is 0 Å². The van der Waals surface area contributed by atoms with Gasteiger partial charge in [-0.05, 0) is 78.4 Å². The molecule has 9 heteroatoms. The van der Waals surface area contributed by atoms with Gasteiger partial charge in [-0.15, -0.1) is 11.3 Å². The van der Waals surface area contributed by atoms with Crippen molar-refractivity contribution >= 4 is 34.8 Å². The predicted octanol–water partition coefficient (Wildman–Crippen LogP) is 6.29. The molecule has 5 rings (SSSR count). The zero-order chi connectivity index (χ0) is 26.6. The maximum Gasteiger partial charge on any atom is 0.257 e. The Morgan fingerprint density at radius 2 is 2.03 bits per heavy atom. The van der Waals surface area contributed by atoms with Gasteiger partial charge in [-0.2, -0.15) is 0 Å². The van der Waals surface area contributed by atoms with E-state index in [-0.39, 0.29) is 37.2 Å². The highest BCUT2D eigenvalue weighted by atomic mass is 35.5. The van der Waals surface area contributed by atoms with Gasteiger partial charge in [0.1, 0.15) is 30.5 Å². The van der Waals surface area contributed by atoms with Gasteiger partial charge in [0.25, 0.3) is 5.91 Å². The molecule has 0 saturated heterocycles. The SMILES string of the molecule is Cc1cc(OCC2c3ccsc3CCN2C(=O)CN(Cc2ccco2)C(=O)c2ccccc2F)ccc1Cl. The molecular weight excluding hydrogens is 527 g/mol. The highest BCUT2D eigenvalue weighted by Gasteiger charge is 2.34. The predicted molar refractivity (Wildman–Crippen MR) is 144 cm³/mol. The summed E-state index contributed by atoms with van der Waals surface area (Å²) < 4.78 is 26.0. The molecule has 1 aliphatic heterocycles. The fourth-order valence-corrected chi connectivity index (χ4v) is 5.65. The van der Waals surface area contributed by atoms with Crippen LogP contribution < -0.4 is 4.74 Å². The average Bonchev–Trinajstić information content (AvgIpc) is 3.61. The Bertz CT molecular complexity index is 1440. The number of carbonyl (C=O) groups excluding carboxylic acids is 2. The fraction of sp³-hybridized carbons (Fsp3) is 0.241. The zero-order valence-electron chi connectivity index (χ0n) is 20.7. The molecule has 0 bridgehead atoms. The summed E-state index contributed by atoms with van der Waals surface area (Å²) in [6.07, 6.45) is 2.21. The summed E-state index contributed by atoms with van der Waals surface area (Å²) in [5, 5.41) is 2.67. The first-order chi connectivity index (χ1) is 18.4. The van der Waals surface area contributed by atoms with Crippen LogP contribution in [-0.2, 0) is 17.8 Å². The number of halogens is 2. The molecule has 2 aromatic carbocycles. The second-order valence-electron chi connectivity index (χ2n) is 9.09. The largest absolute Gasteiger partial charge is 0.491 e. The van der Waals surface area contributed by atoms with Gasteiger partial charge in [0.05, 0.1) is 24.4 Å². The van der Waals surface area contributed by atoms with Crippen LogP contribution >= 0.6 is 22.9 Å². The number of nitrogens with zero attached hydrogens (tertiary/aromatic N) is 2. The van der Waals surface area contributed by atoms with E-state index in [4.69, 9.17) is 20.8 Å². The summed E-state index contributed by atoms with van der Waals surface area (Å²) in [7, 11) is 0. The Labute approximate surface area is 229 Å². The number of hydrogen-bond donors (Lipinski definition) is 0. The molecule has 1 atom stereocenters. The maximum atomic E-state index is 14.5. The molecule has 0 N–H and O–H groups in total. The van der Waals surface area contributed by atoms with E-state index in [1.54, 1.807) is 46.6 Å². The minimum atomic E-state index is -0.639. The number of carbonyl (C=O) groups is 2. The first kappa shape index (κ1) is 26.0. The van der Waals surface area contributed by atoms with Gasteiger partial charge in [0.2, 0.25) is 5.91 Å². The van der Waals surface area contributed by atoms with Crippen molar-refractivity contribution in [1.29, 1.82) is 0 Å². The van der Waals surface area contributed by atoms with Crippen molar-refractivity contribution in [3.63, 3.8) is 0 Å². The highest BCUT2D eigenvalue weighted by molar-refractivity contribution is 7.10. The van der Waals surface area contributed by atoms with Gasteiger partial charge in [-0.3, -0.25) is 9.59 Å². The van der Waals surface area contributed by atoms with Crippen LogP contribution in [0.2, 0.25) is 5.02 Å². The number of benzene rings is 2. The summed E-state index contributed by atoms with van der Waals surface area (Å²) in [4.78, 5) is 31.4. The average molecular weight is 553 g/mol. The smallest absolute Gasteiger partial charge is 0.257 e. The molecule has 2 aromatic heterocycles. The third-order valence-corrected chi connectivity index (χ3v) is 8.02. The molecule has 0 radical (unpaired) electrons. The normalized spacial score (nSPS) is 14.7. The van der Waals surface area contributed by atoms with E-state index < -0.39 is 11.7 Å². The highest BCUT2D eigenvalue weighted by Crippen LogP contribution is 2.34. The van der Waals surface area contributed by atoms with Crippen molar-refractivity contribution in [1.82, 2.24) is 9.80 Å². The molecule has 2 amide bonds. The molecule has 1 unspecified atom stereocenters. The van der Waals surface area contributed by atoms with Crippen molar-refractivity contribution in [3.05, 3.63) is 110 Å². The Balaban J connectivity index is 1.38. The minimum absolute atomic E-state index is 0.0364. The Morgan fingerprint density at radius 3 is 2.79 bits per heavy atom. The Hall–Kier alpha value is -3.62. The number of aryl methyl sites for hydroxylation is 1. The molecule has 0 aliphatic carbocycles. The topological polar surface area (TPSA) is 63.0 Å². The van der Waals surface area contributed by atoms with E-state index in [0.717, 1.165) is 17.5 Å². The van der Waals surface area contributed by atoms with Crippen LogP contribution in [-0.4, -0.2) is 41.3 Å². The van der Waals surface area contributed by atoms with E-state index in [2.05, 4.69) is 0 Å². The summed E-state index contributed by atoms with van der Waals surface area (Å²) >= 11 is 7.82. The summed E-state index contributed by atoms with van der Waals surface area (Å²) in [5.74, 6) is -0.306. The van der Waals surface area contributed by atoms with Crippen LogP contribution in [0.3, 0.4) is 0 Å². The summed E-state index contributed by atoms with van der Waals surface area (Å²) in [6.45, 7) is 2.44. The van der Waals surface area contributed by atoms with E-state index in [0.29, 0.717) is 23.1 Å². The molecule has 4 aromatic rings. The first-order valence-electron chi connectivity index (χ1n) is 12.2. The quantitative estimate of drug-likeness (QED) is 0.258. The van der Waals surface area contributed by atoms with Gasteiger partial charge >= 0.3 is 0 Å². The number of rotatable bonds is 8. The number of hydrogen-bond acceptors (Lipinski definition) is 5. The number of ether oxygens (including phenoxy) is 1. The molecule has 0 saturated carbocycles. The van der Waals surface area contributed by atoms with E-state index in [9.17, 15) is 14.0 Å². The molecule has 0 spiro atoms. The van der Waals surface area contributed by atoms with Crippen molar-refractivity contribution in [2.75, 3.05) is 19.7 Å². The lowest BCUT2D eigenvalue weighted by molar-refractivity contribution is -0.135. The van der Waals surface area contributed by atoms with Gasteiger partial charge in [-0.1, -0.05) is 23.7 Å². The Kier molecular flexibility index (Phi) is 7.81. The number of fused-ring (bicyclic) bond motifs is 1. The van der Waals surface area contributed by atoms with Crippen molar-refractivity contribution in [3.8, 4) is 5.75 Å². The lowest BCUT2D eigenvalue weighted by Gasteiger charge is -2.37. The Morgan fingerprint density at radius 1 is 1.18 bits per heavy atom. The van der Waals surface area contributed by atoms with Gasteiger partial charge in [0, 0.05) is 16.4 Å². The molecule has 1 aliphatic rings. The lowest BCUT2D eigenvalue weighted by atomic mass is 10.00. The first-order valence-corrected chi connectivity index (χ1v) is 13.5. The minimum Gasteiger partial charge on any atom is -0.491 e. The third-order valence-electron chi connectivity index (χ3n) is 6.60. The second-order valence-corrected chi connectivity index (χ2v) is 10.5. The zero-order valence-corrected chi connectivity index (χ0v) is 22.3. The number of amides is 2. The standard InChI is InChI=1S/C29H26ClFN2O4S/c1-19-15-20(8-9-24(19)30)37-18-26-23-11-14-38-27(23)10-12-33(26)28(34)17-32(16-21-5-4-13-36-21)29(35)22-6-2-3-7-25(22)31/h2-9,11,13-15,26H,10,12,16-18H2,1H3. The van der Waals surface area contributed by atoms with Crippen LogP contribution in [0.4, 0.5) is 4.39 Å². The molecule has 6 nitrogen and oxygen atoms in total. The van der Waals surface area contributed by atoms with E-state index in [1.165, 1.54) is 34.2 Å². The molecule has 38 heavy (non-hydrogen) atoms. The van der Waals surface area contributed by atoms with Gasteiger partial charge < -0.3 is 19.0 Å². The maximum absolute atomic E-state index is 14.5. The third kappa shape index (κ3) is 5.61. The number of thiophene rings is 1. The van der Waals surface area contributed by atoms with Crippen LogP contribution in [0.1, 0.15) is 38.2 Å². The van der Waals surface area contributed by atoms with E-state index in [1.807, 2.05) is 24.4 Å². The summed E-state index contributed by atoms with van der Waals surface area (Å²) in [6, 6.07) is 16.3. The second kappa shape index (κ2) is 11.4. The monoisotopic (exact) mass is 552 g/mol. The molecule has 3 heterocycles. The van der Waals surface area contributed by atoms with Crippen LogP contribution in [0.25, 0.3) is 0 Å². The molecular formula is C29H26ClFN2O4S.